The summed E-state index contributed by atoms with van der Waals surface area (Å²) in [6.45, 7) is 3.56. The Kier molecular flexibility index (Phi) is 8.15. The quantitative estimate of drug-likeness (QED) is 0.558. The monoisotopic (exact) mass is 386 g/mol. The second-order valence-corrected chi connectivity index (χ2v) is 7.90. The van der Waals surface area contributed by atoms with Gasteiger partial charge < -0.3 is 20.3 Å². The van der Waals surface area contributed by atoms with Gasteiger partial charge in [0.15, 0.2) is 5.96 Å². The molecule has 1 atom stereocenters. The maximum Gasteiger partial charge on any atom is 0.239 e. The second-order valence-electron chi connectivity index (χ2n) is 7.90. The first-order valence-electron chi connectivity index (χ1n) is 10.6. The number of ether oxygens (including phenoxy) is 1. The topological polar surface area (TPSA) is 66.0 Å². The van der Waals surface area contributed by atoms with Crippen LogP contribution < -0.4 is 10.6 Å². The van der Waals surface area contributed by atoms with E-state index in [-0.39, 0.29) is 12.5 Å². The van der Waals surface area contributed by atoms with Crippen LogP contribution in [0.1, 0.15) is 44.1 Å². The molecular formula is C22H34N4O2. The van der Waals surface area contributed by atoms with Crippen LogP contribution in [0.2, 0.25) is 0 Å². The number of likely N-dealkylation sites (tertiary alicyclic amines) is 1. The molecule has 0 radical (unpaired) electrons. The van der Waals surface area contributed by atoms with Crippen molar-refractivity contribution in [3.63, 3.8) is 0 Å². The molecule has 1 aliphatic carbocycles. The fourth-order valence-electron chi connectivity index (χ4n) is 4.10. The van der Waals surface area contributed by atoms with Crippen LogP contribution in [0.25, 0.3) is 0 Å². The summed E-state index contributed by atoms with van der Waals surface area (Å²) in [5.41, 5.74) is 1.21. The van der Waals surface area contributed by atoms with E-state index in [4.69, 9.17) is 4.74 Å². The smallest absolute Gasteiger partial charge is 0.239 e. The van der Waals surface area contributed by atoms with Gasteiger partial charge >= 0.3 is 0 Å². The standard InChI is InChI=1S/C22H34N4O2/c1-23-22(24-14-21(27)25-20-10-6-3-7-11-20)26-13-12-19(15-26)17-28-16-18-8-4-2-5-9-18/h2,4-5,8-9,19-20H,3,6-7,10-17H2,1H3,(H,23,24)(H,25,27). The van der Waals surface area contributed by atoms with Crippen LogP contribution in [0.15, 0.2) is 35.3 Å². The summed E-state index contributed by atoms with van der Waals surface area (Å²) < 4.78 is 5.90. The molecule has 3 rings (SSSR count). The molecule has 0 aromatic heterocycles. The number of hydrogen-bond acceptors (Lipinski definition) is 3. The van der Waals surface area contributed by atoms with Crippen LogP contribution >= 0.6 is 0 Å². The number of nitrogens with zero attached hydrogens (tertiary/aromatic N) is 2. The van der Waals surface area contributed by atoms with Crippen molar-refractivity contribution in [2.45, 2.75) is 51.2 Å². The second kappa shape index (κ2) is 11.1. The fraction of sp³-hybridized carbons (Fsp3) is 0.636. The van der Waals surface area contributed by atoms with E-state index in [9.17, 15) is 4.79 Å². The molecule has 1 amide bonds. The Morgan fingerprint density at radius 3 is 2.71 bits per heavy atom. The first kappa shape index (κ1) is 20.6. The molecule has 0 spiro atoms. The van der Waals surface area contributed by atoms with Crippen LogP contribution in [-0.2, 0) is 16.1 Å². The number of carbonyl (C=O) groups is 1. The highest BCUT2D eigenvalue weighted by Gasteiger charge is 2.25. The lowest BCUT2D eigenvalue weighted by Crippen LogP contribution is -2.47. The van der Waals surface area contributed by atoms with E-state index in [0.717, 1.165) is 44.9 Å². The zero-order chi connectivity index (χ0) is 19.6. The molecule has 28 heavy (non-hydrogen) atoms. The SMILES string of the molecule is CN=C(NCC(=O)NC1CCCCC1)N1CCC(COCc2ccccc2)C1. The van der Waals surface area contributed by atoms with Crippen molar-refractivity contribution in [2.24, 2.45) is 10.9 Å². The number of hydrogen-bond donors (Lipinski definition) is 2. The van der Waals surface area contributed by atoms with Gasteiger partial charge in [0, 0.05) is 32.1 Å². The predicted octanol–water partition coefficient (Wildman–Crippen LogP) is 2.55. The third-order valence-electron chi connectivity index (χ3n) is 5.64. The van der Waals surface area contributed by atoms with Gasteiger partial charge in [0.25, 0.3) is 0 Å². The lowest BCUT2D eigenvalue weighted by Gasteiger charge is -2.24. The minimum Gasteiger partial charge on any atom is -0.376 e. The van der Waals surface area contributed by atoms with E-state index in [1.54, 1.807) is 7.05 Å². The van der Waals surface area contributed by atoms with Crippen LogP contribution in [0, 0.1) is 5.92 Å². The van der Waals surface area contributed by atoms with Crippen LogP contribution in [0.4, 0.5) is 0 Å². The lowest BCUT2D eigenvalue weighted by molar-refractivity contribution is -0.120. The number of amides is 1. The van der Waals surface area contributed by atoms with Crippen LogP contribution in [-0.4, -0.2) is 56.1 Å². The van der Waals surface area contributed by atoms with E-state index < -0.39 is 0 Å². The molecule has 0 bridgehead atoms. The Hall–Kier alpha value is -2.08. The minimum atomic E-state index is 0.0648. The number of benzene rings is 1. The molecule has 1 aliphatic heterocycles. The molecule has 2 aliphatic rings. The van der Waals surface area contributed by atoms with Gasteiger partial charge in [-0.05, 0) is 24.8 Å². The van der Waals surface area contributed by atoms with Crippen molar-refractivity contribution < 1.29 is 9.53 Å². The average molecular weight is 387 g/mol. The summed E-state index contributed by atoms with van der Waals surface area (Å²) in [7, 11) is 1.78. The number of carbonyl (C=O) groups excluding carboxylic acids is 1. The zero-order valence-electron chi connectivity index (χ0n) is 17.0. The molecular weight excluding hydrogens is 352 g/mol. The Balaban J connectivity index is 1.34. The van der Waals surface area contributed by atoms with E-state index in [1.165, 1.54) is 24.8 Å². The van der Waals surface area contributed by atoms with E-state index >= 15 is 0 Å². The summed E-state index contributed by atoms with van der Waals surface area (Å²) in [4.78, 5) is 18.8. The van der Waals surface area contributed by atoms with E-state index in [0.29, 0.717) is 18.6 Å². The van der Waals surface area contributed by atoms with Gasteiger partial charge in [0.1, 0.15) is 0 Å². The Morgan fingerprint density at radius 2 is 1.96 bits per heavy atom. The molecule has 1 unspecified atom stereocenters. The van der Waals surface area contributed by atoms with Gasteiger partial charge in [-0.25, -0.2) is 0 Å². The van der Waals surface area contributed by atoms with Gasteiger partial charge in [-0.3, -0.25) is 9.79 Å². The molecule has 1 heterocycles. The summed E-state index contributed by atoms with van der Waals surface area (Å²) in [6.07, 6.45) is 7.05. The van der Waals surface area contributed by atoms with Crippen molar-refractivity contribution in [3.8, 4) is 0 Å². The normalized spacial score (nSPS) is 21.0. The minimum absolute atomic E-state index is 0.0648. The number of nitrogens with one attached hydrogen (secondary N) is 2. The number of rotatable bonds is 7. The largest absolute Gasteiger partial charge is 0.376 e. The molecule has 6 nitrogen and oxygen atoms in total. The number of guanidine groups is 1. The predicted molar refractivity (Wildman–Crippen MR) is 112 cm³/mol. The van der Waals surface area contributed by atoms with E-state index in [1.807, 2.05) is 18.2 Å². The van der Waals surface area contributed by atoms with Crippen molar-refractivity contribution in [3.05, 3.63) is 35.9 Å². The highest BCUT2D eigenvalue weighted by Crippen LogP contribution is 2.18. The fourth-order valence-corrected chi connectivity index (χ4v) is 4.10. The third-order valence-corrected chi connectivity index (χ3v) is 5.64. The Bertz CT molecular complexity index is 629. The zero-order valence-corrected chi connectivity index (χ0v) is 17.0. The van der Waals surface area contributed by atoms with Gasteiger partial charge in [-0.15, -0.1) is 0 Å². The Labute approximate surface area is 168 Å². The molecule has 1 saturated carbocycles. The molecule has 1 saturated heterocycles. The van der Waals surface area contributed by atoms with Gasteiger partial charge in [0.2, 0.25) is 5.91 Å². The first-order chi connectivity index (χ1) is 13.7. The maximum atomic E-state index is 12.2. The summed E-state index contributed by atoms with van der Waals surface area (Å²) in [5, 5.41) is 6.37. The van der Waals surface area contributed by atoms with Gasteiger partial charge in [0.05, 0.1) is 19.8 Å². The molecule has 6 heteroatoms. The van der Waals surface area contributed by atoms with Gasteiger partial charge in [-0.1, -0.05) is 49.6 Å². The summed E-state index contributed by atoms with van der Waals surface area (Å²) in [5.74, 6) is 1.37. The molecule has 1 aromatic carbocycles. The Morgan fingerprint density at radius 1 is 1.18 bits per heavy atom. The summed E-state index contributed by atoms with van der Waals surface area (Å²) >= 11 is 0. The number of aliphatic imine (C=N–C) groups is 1. The van der Waals surface area contributed by atoms with Gasteiger partial charge in [-0.2, -0.15) is 0 Å². The van der Waals surface area contributed by atoms with E-state index in [2.05, 4.69) is 32.7 Å². The third kappa shape index (κ3) is 6.51. The molecule has 154 valence electrons. The average Bonchev–Trinajstić information content (AvgIpc) is 3.19. The van der Waals surface area contributed by atoms with Crippen LogP contribution in [0.5, 0.6) is 0 Å². The molecule has 2 N–H and O–H groups in total. The van der Waals surface area contributed by atoms with Crippen molar-refractivity contribution in [2.75, 3.05) is 33.3 Å². The maximum absolute atomic E-state index is 12.2. The van der Waals surface area contributed by atoms with Crippen LogP contribution in [0.3, 0.4) is 0 Å². The van der Waals surface area contributed by atoms with Crippen molar-refractivity contribution >= 4 is 11.9 Å². The van der Waals surface area contributed by atoms with Crippen molar-refractivity contribution in [1.82, 2.24) is 15.5 Å². The lowest BCUT2D eigenvalue weighted by atomic mass is 9.95. The highest BCUT2D eigenvalue weighted by atomic mass is 16.5. The first-order valence-corrected chi connectivity index (χ1v) is 10.6. The van der Waals surface area contributed by atoms with Crippen molar-refractivity contribution in [1.29, 1.82) is 0 Å². The molecule has 1 aromatic rings. The summed E-state index contributed by atoms with van der Waals surface area (Å²) in [6, 6.07) is 10.6. The highest BCUT2D eigenvalue weighted by molar-refractivity contribution is 5.86. The molecule has 2 fully saturated rings.